The van der Waals surface area contributed by atoms with Crippen LogP contribution in [0.2, 0.25) is 0 Å². The molecule has 0 aliphatic carbocycles. The number of hydrogen-bond acceptors (Lipinski definition) is 6. The maximum atomic E-state index is 13.3. The van der Waals surface area contributed by atoms with E-state index in [1.807, 2.05) is 0 Å². The van der Waals surface area contributed by atoms with E-state index in [4.69, 9.17) is 19.3 Å². The van der Waals surface area contributed by atoms with E-state index in [1.165, 1.54) is 18.2 Å². The zero-order valence-electron chi connectivity index (χ0n) is 17.6. The Bertz CT molecular complexity index is 1250. The lowest BCUT2D eigenvalue weighted by molar-refractivity contribution is -0.131. The number of phenolic OH excluding ortho intramolecular Hbond substituents is 1. The number of carboxylic acid groups (broad SMARTS) is 1. The molecule has 0 radical (unpaired) electrons. The van der Waals surface area contributed by atoms with E-state index in [1.54, 1.807) is 61.7 Å². The van der Waals surface area contributed by atoms with Gasteiger partial charge in [0.2, 0.25) is 0 Å². The molecule has 0 spiro atoms. The standard InChI is InChI=1S/C26H20O7/c1-31-19-10-5-17(6-11-19)25(30)22-15-32-23-14-18(27)7-12-21(23)26(22)33-20-8-2-16(3-9-20)4-13-24(28)29/h2-14,27H,15H2,1H3,(H,28,29)/b13-4+. The van der Waals surface area contributed by atoms with Crippen molar-refractivity contribution in [1.29, 1.82) is 0 Å². The number of aromatic hydroxyl groups is 1. The van der Waals surface area contributed by atoms with Crippen molar-refractivity contribution in [2.75, 3.05) is 13.7 Å². The molecule has 7 heteroatoms. The van der Waals surface area contributed by atoms with Crippen LogP contribution in [-0.2, 0) is 4.79 Å². The molecule has 166 valence electrons. The van der Waals surface area contributed by atoms with Gasteiger partial charge in [-0.1, -0.05) is 12.1 Å². The lowest BCUT2D eigenvalue weighted by Crippen LogP contribution is -2.20. The number of methoxy groups -OCH3 is 1. The van der Waals surface area contributed by atoms with Crippen LogP contribution in [0.5, 0.6) is 23.0 Å². The van der Waals surface area contributed by atoms with Crippen molar-refractivity contribution in [1.82, 2.24) is 0 Å². The first-order valence-electron chi connectivity index (χ1n) is 10.0. The van der Waals surface area contributed by atoms with Crippen LogP contribution in [0.1, 0.15) is 21.5 Å². The van der Waals surface area contributed by atoms with Crippen molar-refractivity contribution >= 4 is 23.6 Å². The number of phenols is 1. The molecule has 7 nitrogen and oxygen atoms in total. The topological polar surface area (TPSA) is 102 Å². The van der Waals surface area contributed by atoms with Crippen LogP contribution < -0.4 is 14.2 Å². The summed E-state index contributed by atoms with van der Waals surface area (Å²) in [6, 6.07) is 18.1. The van der Waals surface area contributed by atoms with Gasteiger partial charge in [0.05, 0.1) is 18.2 Å². The summed E-state index contributed by atoms with van der Waals surface area (Å²) in [6.45, 7) is -0.0317. The molecule has 3 aromatic carbocycles. The number of ether oxygens (including phenoxy) is 3. The zero-order chi connectivity index (χ0) is 23.4. The Kier molecular flexibility index (Phi) is 6.13. The Morgan fingerprint density at radius 3 is 2.33 bits per heavy atom. The van der Waals surface area contributed by atoms with Crippen LogP contribution in [0.3, 0.4) is 0 Å². The normalized spacial score (nSPS) is 12.8. The maximum Gasteiger partial charge on any atom is 0.328 e. The number of benzene rings is 3. The van der Waals surface area contributed by atoms with Gasteiger partial charge in [-0.3, -0.25) is 4.79 Å². The smallest absolute Gasteiger partial charge is 0.328 e. The number of hydrogen-bond donors (Lipinski definition) is 2. The number of fused-ring (bicyclic) bond motifs is 1. The first-order valence-corrected chi connectivity index (χ1v) is 10.0. The molecule has 4 rings (SSSR count). The molecule has 33 heavy (non-hydrogen) atoms. The number of ketones is 1. The third-order valence-electron chi connectivity index (χ3n) is 5.00. The number of aliphatic carboxylic acids is 1. The van der Waals surface area contributed by atoms with E-state index in [-0.39, 0.29) is 18.1 Å². The van der Waals surface area contributed by atoms with Crippen LogP contribution >= 0.6 is 0 Å². The van der Waals surface area contributed by atoms with Crippen LogP contribution in [0, 0.1) is 0 Å². The lowest BCUT2D eigenvalue weighted by Gasteiger charge is -2.24. The molecule has 1 aliphatic heterocycles. The molecule has 1 heterocycles. The second-order valence-electron chi connectivity index (χ2n) is 7.18. The summed E-state index contributed by atoms with van der Waals surface area (Å²) < 4.78 is 17.0. The molecule has 0 atom stereocenters. The summed E-state index contributed by atoms with van der Waals surface area (Å²) in [5.74, 6) is 0.556. The van der Waals surface area contributed by atoms with Crippen LogP contribution in [0.25, 0.3) is 11.8 Å². The van der Waals surface area contributed by atoms with Crippen molar-refractivity contribution < 1.29 is 34.0 Å². The van der Waals surface area contributed by atoms with Crippen LogP contribution in [0.15, 0.2) is 78.4 Å². The van der Waals surface area contributed by atoms with E-state index < -0.39 is 5.97 Å². The Balaban J connectivity index is 1.72. The minimum atomic E-state index is -1.04. The molecule has 0 unspecified atom stereocenters. The van der Waals surface area contributed by atoms with E-state index in [0.29, 0.717) is 45.3 Å². The molecule has 3 aromatic rings. The Morgan fingerprint density at radius 2 is 1.67 bits per heavy atom. The van der Waals surface area contributed by atoms with E-state index >= 15 is 0 Å². The van der Waals surface area contributed by atoms with Gasteiger partial charge in [0.15, 0.2) is 5.78 Å². The predicted molar refractivity (Wildman–Crippen MR) is 122 cm³/mol. The Hall–Kier alpha value is -4.52. The van der Waals surface area contributed by atoms with Crippen LogP contribution in [0.4, 0.5) is 0 Å². The van der Waals surface area contributed by atoms with Crippen molar-refractivity contribution in [3.05, 3.63) is 95.1 Å². The molecule has 0 saturated heterocycles. The molecule has 0 fully saturated rings. The van der Waals surface area contributed by atoms with Gasteiger partial charge in [0.25, 0.3) is 0 Å². The van der Waals surface area contributed by atoms with Crippen molar-refractivity contribution in [2.45, 2.75) is 0 Å². The number of carbonyl (C=O) groups is 2. The molecular weight excluding hydrogens is 424 g/mol. The zero-order valence-corrected chi connectivity index (χ0v) is 17.6. The fourth-order valence-corrected chi connectivity index (χ4v) is 3.33. The summed E-state index contributed by atoms with van der Waals surface area (Å²) in [4.78, 5) is 24.0. The van der Waals surface area contributed by atoms with Gasteiger partial charge in [0.1, 0.15) is 35.4 Å². The summed E-state index contributed by atoms with van der Waals surface area (Å²) in [6.07, 6.45) is 2.52. The van der Waals surface area contributed by atoms with Crippen molar-refractivity contribution in [3.63, 3.8) is 0 Å². The highest BCUT2D eigenvalue weighted by Crippen LogP contribution is 2.38. The second-order valence-corrected chi connectivity index (χ2v) is 7.18. The van der Waals surface area contributed by atoms with Crippen molar-refractivity contribution in [2.24, 2.45) is 0 Å². The summed E-state index contributed by atoms with van der Waals surface area (Å²) in [7, 11) is 1.55. The molecule has 0 saturated carbocycles. The Morgan fingerprint density at radius 1 is 0.970 bits per heavy atom. The third kappa shape index (κ3) is 4.88. The average molecular weight is 444 g/mol. The van der Waals surface area contributed by atoms with Crippen molar-refractivity contribution in [3.8, 4) is 23.0 Å². The minimum absolute atomic E-state index is 0.0317. The fraction of sp³-hybridized carbons (Fsp3) is 0.0769. The van der Waals surface area contributed by atoms with Gasteiger partial charge in [-0.15, -0.1) is 0 Å². The largest absolute Gasteiger partial charge is 0.508 e. The van der Waals surface area contributed by atoms with Gasteiger partial charge in [-0.25, -0.2) is 4.79 Å². The quantitative estimate of drug-likeness (QED) is 0.407. The first-order chi connectivity index (χ1) is 15.9. The monoisotopic (exact) mass is 444 g/mol. The van der Waals surface area contributed by atoms with Gasteiger partial charge in [0, 0.05) is 17.7 Å². The molecule has 0 aromatic heterocycles. The number of rotatable bonds is 7. The number of Topliss-reactive ketones (excluding diaryl/α,β-unsaturated/α-hetero) is 1. The minimum Gasteiger partial charge on any atom is -0.508 e. The van der Waals surface area contributed by atoms with E-state index in [0.717, 1.165) is 6.08 Å². The van der Waals surface area contributed by atoms with Gasteiger partial charge in [-0.2, -0.15) is 0 Å². The highest BCUT2D eigenvalue weighted by molar-refractivity contribution is 6.13. The van der Waals surface area contributed by atoms with Gasteiger partial charge >= 0.3 is 5.97 Å². The first kappa shape index (κ1) is 21.7. The number of carbonyl (C=O) groups excluding carboxylic acids is 1. The molecule has 0 amide bonds. The van der Waals surface area contributed by atoms with Gasteiger partial charge < -0.3 is 24.4 Å². The lowest BCUT2D eigenvalue weighted by atomic mass is 9.97. The predicted octanol–water partition coefficient (Wildman–Crippen LogP) is 4.56. The van der Waals surface area contributed by atoms with Crippen LogP contribution in [-0.4, -0.2) is 35.7 Å². The number of carboxylic acids is 1. The summed E-state index contributed by atoms with van der Waals surface area (Å²) in [5, 5.41) is 18.6. The molecule has 1 aliphatic rings. The molecule has 0 bridgehead atoms. The third-order valence-corrected chi connectivity index (χ3v) is 5.00. The van der Waals surface area contributed by atoms with Gasteiger partial charge in [-0.05, 0) is 60.2 Å². The second kappa shape index (κ2) is 9.32. The summed E-state index contributed by atoms with van der Waals surface area (Å²) in [5.41, 5.74) is 2.00. The highest BCUT2D eigenvalue weighted by atomic mass is 16.5. The average Bonchev–Trinajstić information content (AvgIpc) is 2.83. The fourth-order valence-electron chi connectivity index (χ4n) is 3.33. The SMILES string of the molecule is COc1ccc(C(=O)C2=C(Oc3ccc(/C=C/C(=O)O)cc3)c3ccc(O)cc3OC2)cc1. The highest BCUT2D eigenvalue weighted by Gasteiger charge is 2.28. The van der Waals surface area contributed by atoms with E-state index in [2.05, 4.69) is 0 Å². The van der Waals surface area contributed by atoms with E-state index in [9.17, 15) is 14.7 Å². The summed E-state index contributed by atoms with van der Waals surface area (Å²) >= 11 is 0. The molecular formula is C26H20O7. The molecule has 2 N–H and O–H groups in total. The maximum absolute atomic E-state index is 13.3. The Labute approximate surface area is 189 Å².